The van der Waals surface area contributed by atoms with Crippen molar-refractivity contribution in [1.29, 1.82) is 0 Å². The summed E-state index contributed by atoms with van der Waals surface area (Å²) in [6, 6.07) is 7.77. The summed E-state index contributed by atoms with van der Waals surface area (Å²) in [7, 11) is 0. The van der Waals surface area contributed by atoms with E-state index in [9.17, 15) is 5.11 Å². The minimum absolute atomic E-state index is 0. The molecule has 0 bridgehead atoms. The number of H-pyrrole nitrogens is 1. The van der Waals surface area contributed by atoms with E-state index in [4.69, 9.17) is 5.73 Å². The molecule has 2 atom stereocenters. The van der Waals surface area contributed by atoms with Crippen LogP contribution in [0.1, 0.15) is 38.3 Å². The molecule has 1 aromatic heterocycles. The van der Waals surface area contributed by atoms with Crippen LogP contribution in [0.2, 0.25) is 0 Å². The molecule has 1 heterocycles. The van der Waals surface area contributed by atoms with E-state index in [-0.39, 0.29) is 18.4 Å². The molecule has 2 aromatic rings. The number of hydrogen-bond donors (Lipinski definition) is 3. The number of fused-ring (bicyclic) bond motifs is 1. The average molecular weight is 283 g/mol. The van der Waals surface area contributed by atoms with Gasteiger partial charge in [0.05, 0.1) is 12.1 Å². The van der Waals surface area contributed by atoms with Gasteiger partial charge in [0.25, 0.3) is 0 Å². The van der Waals surface area contributed by atoms with E-state index >= 15 is 0 Å². The Morgan fingerprint density at radius 3 is 2.63 bits per heavy atom. The van der Waals surface area contributed by atoms with Crippen molar-refractivity contribution < 1.29 is 5.11 Å². The topological polar surface area (TPSA) is 62.0 Å². The van der Waals surface area contributed by atoms with Crippen LogP contribution in [0.15, 0.2) is 30.5 Å². The summed E-state index contributed by atoms with van der Waals surface area (Å²) in [4.78, 5) is 3.15. The zero-order chi connectivity index (χ0) is 13.1. The van der Waals surface area contributed by atoms with E-state index in [1.165, 1.54) is 0 Å². The SMILES string of the molecule is CC(C)CC[C@H](O)[C@H](N)c1ccc2[nH]ccc2c1.Cl. The zero-order valence-electron chi connectivity index (χ0n) is 11.5. The van der Waals surface area contributed by atoms with Crippen LogP contribution in [0.25, 0.3) is 10.9 Å². The minimum Gasteiger partial charge on any atom is -0.391 e. The molecule has 0 amide bonds. The number of aromatic nitrogens is 1. The van der Waals surface area contributed by atoms with Crippen molar-refractivity contribution in [3.05, 3.63) is 36.0 Å². The van der Waals surface area contributed by atoms with Crippen LogP contribution in [0.4, 0.5) is 0 Å². The summed E-state index contributed by atoms with van der Waals surface area (Å²) in [6.45, 7) is 4.31. The maximum Gasteiger partial charge on any atom is 0.0732 e. The lowest BCUT2D eigenvalue weighted by atomic mass is 9.95. The Balaban J connectivity index is 0.00000180. The predicted molar refractivity (Wildman–Crippen MR) is 82.6 cm³/mol. The molecule has 0 radical (unpaired) electrons. The lowest BCUT2D eigenvalue weighted by molar-refractivity contribution is 0.128. The van der Waals surface area contributed by atoms with Gasteiger partial charge in [0, 0.05) is 11.7 Å². The molecular weight excluding hydrogens is 260 g/mol. The van der Waals surface area contributed by atoms with Crippen LogP contribution in [-0.4, -0.2) is 16.2 Å². The van der Waals surface area contributed by atoms with Crippen molar-refractivity contribution in [3.8, 4) is 0 Å². The average Bonchev–Trinajstić information content (AvgIpc) is 2.81. The lowest BCUT2D eigenvalue weighted by Gasteiger charge is -2.20. The Hall–Kier alpha value is -1.03. The molecule has 0 saturated heterocycles. The predicted octanol–water partition coefficient (Wildman–Crippen LogP) is 3.39. The Kier molecular flexibility index (Phi) is 5.85. The maximum absolute atomic E-state index is 10.1. The number of aromatic amines is 1. The van der Waals surface area contributed by atoms with E-state index in [0.29, 0.717) is 5.92 Å². The smallest absolute Gasteiger partial charge is 0.0732 e. The normalized spacial score (nSPS) is 14.4. The number of nitrogens with two attached hydrogens (primary N) is 1. The zero-order valence-corrected chi connectivity index (χ0v) is 12.3. The van der Waals surface area contributed by atoms with Gasteiger partial charge in [-0.25, -0.2) is 0 Å². The molecule has 4 N–H and O–H groups in total. The number of halogens is 1. The second-order valence-corrected chi connectivity index (χ2v) is 5.39. The molecule has 0 unspecified atom stereocenters. The van der Waals surface area contributed by atoms with Crippen LogP contribution in [-0.2, 0) is 0 Å². The molecule has 1 aromatic carbocycles. The molecule has 4 heteroatoms. The van der Waals surface area contributed by atoms with Crippen molar-refractivity contribution >= 4 is 23.3 Å². The highest BCUT2D eigenvalue weighted by atomic mass is 35.5. The van der Waals surface area contributed by atoms with Gasteiger partial charge in [0.15, 0.2) is 0 Å². The Morgan fingerprint density at radius 2 is 1.95 bits per heavy atom. The van der Waals surface area contributed by atoms with Crippen molar-refractivity contribution in [1.82, 2.24) is 4.98 Å². The van der Waals surface area contributed by atoms with E-state index in [1.807, 2.05) is 24.4 Å². The van der Waals surface area contributed by atoms with Crippen molar-refractivity contribution in [3.63, 3.8) is 0 Å². The summed E-state index contributed by atoms with van der Waals surface area (Å²) < 4.78 is 0. The molecule has 0 fully saturated rings. The fourth-order valence-electron chi connectivity index (χ4n) is 2.18. The van der Waals surface area contributed by atoms with Gasteiger partial charge in [-0.1, -0.05) is 19.9 Å². The number of aliphatic hydroxyl groups is 1. The first-order chi connectivity index (χ1) is 8.58. The third-order valence-corrected chi connectivity index (χ3v) is 3.42. The van der Waals surface area contributed by atoms with Gasteiger partial charge in [0.2, 0.25) is 0 Å². The molecule has 0 aliphatic rings. The maximum atomic E-state index is 10.1. The van der Waals surface area contributed by atoms with Gasteiger partial charge in [-0.2, -0.15) is 0 Å². The first-order valence-corrected chi connectivity index (χ1v) is 6.58. The third-order valence-electron chi connectivity index (χ3n) is 3.42. The highest BCUT2D eigenvalue weighted by molar-refractivity contribution is 5.85. The molecule has 2 rings (SSSR count). The van der Waals surface area contributed by atoms with Crippen molar-refractivity contribution in [2.24, 2.45) is 11.7 Å². The largest absolute Gasteiger partial charge is 0.391 e. The summed E-state index contributed by atoms with van der Waals surface area (Å²) in [5.41, 5.74) is 8.22. The first kappa shape index (κ1) is 16.0. The minimum atomic E-state index is -0.469. The quantitative estimate of drug-likeness (QED) is 0.787. The van der Waals surface area contributed by atoms with Crippen molar-refractivity contribution in [2.75, 3.05) is 0 Å². The van der Waals surface area contributed by atoms with Crippen LogP contribution in [0, 0.1) is 5.92 Å². The Morgan fingerprint density at radius 1 is 1.21 bits per heavy atom. The third kappa shape index (κ3) is 3.96. The molecule has 0 saturated carbocycles. The fraction of sp³-hybridized carbons (Fsp3) is 0.467. The highest BCUT2D eigenvalue weighted by Gasteiger charge is 2.17. The lowest BCUT2D eigenvalue weighted by Crippen LogP contribution is -2.26. The molecule has 19 heavy (non-hydrogen) atoms. The fourth-order valence-corrected chi connectivity index (χ4v) is 2.18. The van der Waals surface area contributed by atoms with Crippen molar-refractivity contribution in [2.45, 2.75) is 38.8 Å². The van der Waals surface area contributed by atoms with E-state index in [2.05, 4.69) is 24.9 Å². The second kappa shape index (κ2) is 6.94. The molecule has 0 aliphatic heterocycles. The number of aliphatic hydroxyl groups excluding tert-OH is 1. The van der Waals surface area contributed by atoms with E-state index in [1.54, 1.807) is 0 Å². The van der Waals surface area contributed by atoms with Gasteiger partial charge in [-0.15, -0.1) is 12.4 Å². The summed E-state index contributed by atoms with van der Waals surface area (Å²) in [5.74, 6) is 0.596. The molecule has 106 valence electrons. The highest BCUT2D eigenvalue weighted by Crippen LogP contribution is 2.23. The summed E-state index contributed by atoms with van der Waals surface area (Å²) in [5, 5.41) is 11.2. The van der Waals surface area contributed by atoms with Gasteiger partial charge in [0.1, 0.15) is 0 Å². The summed E-state index contributed by atoms with van der Waals surface area (Å²) >= 11 is 0. The number of rotatable bonds is 5. The molecule has 3 nitrogen and oxygen atoms in total. The standard InChI is InChI=1S/C15H22N2O.ClH/c1-10(2)3-6-14(18)15(16)12-4-5-13-11(9-12)7-8-17-13;/h4-5,7-10,14-15,17-18H,3,6,16H2,1-2H3;1H/t14-,15+;/m0./s1. The summed E-state index contributed by atoms with van der Waals surface area (Å²) in [6.07, 6.45) is 3.20. The second-order valence-electron chi connectivity index (χ2n) is 5.39. The Labute approximate surface area is 120 Å². The van der Waals surface area contributed by atoms with Gasteiger partial charge < -0.3 is 15.8 Å². The van der Waals surface area contributed by atoms with Gasteiger partial charge in [-0.05, 0) is 47.9 Å². The van der Waals surface area contributed by atoms with E-state index < -0.39 is 6.10 Å². The van der Waals surface area contributed by atoms with Crippen LogP contribution in [0.3, 0.4) is 0 Å². The number of nitrogens with one attached hydrogen (secondary N) is 1. The molecule has 0 aliphatic carbocycles. The molecular formula is C15H23ClN2O. The van der Waals surface area contributed by atoms with Crippen LogP contribution in [0.5, 0.6) is 0 Å². The number of hydrogen-bond acceptors (Lipinski definition) is 2. The van der Waals surface area contributed by atoms with Gasteiger partial charge >= 0.3 is 0 Å². The van der Waals surface area contributed by atoms with Crippen LogP contribution < -0.4 is 5.73 Å². The monoisotopic (exact) mass is 282 g/mol. The number of benzene rings is 1. The molecule has 0 spiro atoms. The van der Waals surface area contributed by atoms with Crippen LogP contribution >= 0.6 is 12.4 Å². The first-order valence-electron chi connectivity index (χ1n) is 6.58. The van der Waals surface area contributed by atoms with E-state index in [0.717, 1.165) is 29.3 Å². The van der Waals surface area contributed by atoms with Gasteiger partial charge in [-0.3, -0.25) is 0 Å². The Bertz CT molecular complexity index is 510.